The van der Waals surface area contributed by atoms with Gasteiger partial charge in [-0.2, -0.15) is 10.1 Å². The van der Waals surface area contributed by atoms with Gasteiger partial charge in [-0.3, -0.25) is 4.79 Å². The van der Waals surface area contributed by atoms with E-state index in [2.05, 4.69) is 10.1 Å². The van der Waals surface area contributed by atoms with Crippen molar-refractivity contribution in [3.63, 3.8) is 0 Å². The monoisotopic (exact) mass is 389 g/mol. The standard InChI is InChI=1S/C17H12ClN3O4S/c18-11-3-4-13-15(8-11)26-17(20-13)21(19-9-12-2-1-5-24-12)16(22)14-10-23-6-7-25-14/h1-5,8-10H,6-7H2/b19-9-. The molecule has 3 aromatic rings. The van der Waals surface area contributed by atoms with Crippen LogP contribution in [0.3, 0.4) is 0 Å². The van der Waals surface area contributed by atoms with Crippen LogP contribution in [-0.2, 0) is 14.3 Å². The van der Waals surface area contributed by atoms with Crippen LogP contribution < -0.4 is 5.01 Å². The second-order valence-corrected chi connectivity index (χ2v) is 6.63. The van der Waals surface area contributed by atoms with Crippen LogP contribution in [0, 0.1) is 0 Å². The molecule has 0 bridgehead atoms. The van der Waals surface area contributed by atoms with Crippen LogP contribution in [0.25, 0.3) is 10.2 Å². The highest BCUT2D eigenvalue weighted by Gasteiger charge is 2.26. The van der Waals surface area contributed by atoms with Crippen molar-refractivity contribution in [3.05, 3.63) is 59.4 Å². The number of halogens is 1. The normalized spacial score (nSPS) is 14.1. The van der Waals surface area contributed by atoms with E-state index in [1.54, 1.807) is 30.3 Å². The lowest BCUT2D eigenvalue weighted by Crippen LogP contribution is -2.30. The van der Waals surface area contributed by atoms with Gasteiger partial charge in [0.25, 0.3) is 0 Å². The lowest BCUT2D eigenvalue weighted by molar-refractivity contribution is -0.119. The highest BCUT2D eigenvalue weighted by atomic mass is 35.5. The Balaban J connectivity index is 1.73. The Hall–Kier alpha value is -2.84. The molecule has 0 aliphatic carbocycles. The van der Waals surface area contributed by atoms with Crippen LogP contribution in [0.5, 0.6) is 0 Å². The van der Waals surface area contributed by atoms with Gasteiger partial charge in [-0.05, 0) is 30.3 Å². The quantitative estimate of drug-likeness (QED) is 0.501. The minimum absolute atomic E-state index is 0.0603. The minimum Gasteiger partial charge on any atom is -0.494 e. The van der Waals surface area contributed by atoms with E-state index in [0.29, 0.717) is 29.1 Å². The number of hydrogen-bond acceptors (Lipinski definition) is 7. The Bertz CT molecular complexity index is 997. The number of anilines is 1. The Kier molecular flexibility index (Phi) is 4.59. The number of carbonyl (C=O) groups excluding carboxylic acids is 1. The first kappa shape index (κ1) is 16.6. The van der Waals surface area contributed by atoms with Crippen LogP contribution in [0.15, 0.2) is 58.1 Å². The summed E-state index contributed by atoms with van der Waals surface area (Å²) < 4.78 is 16.6. The summed E-state index contributed by atoms with van der Waals surface area (Å²) in [7, 11) is 0. The number of carbonyl (C=O) groups is 1. The summed E-state index contributed by atoms with van der Waals surface area (Å²) in [5.74, 6) is 0.0736. The number of aromatic nitrogens is 1. The van der Waals surface area contributed by atoms with Gasteiger partial charge in [0.05, 0.1) is 22.7 Å². The van der Waals surface area contributed by atoms with Gasteiger partial charge >= 0.3 is 5.91 Å². The van der Waals surface area contributed by atoms with E-state index in [4.69, 9.17) is 25.5 Å². The third-order valence-electron chi connectivity index (χ3n) is 3.42. The molecule has 2 aromatic heterocycles. The summed E-state index contributed by atoms with van der Waals surface area (Å²) >= 11 is 7.32. The lowest BCUT2D eigenvalue weighted by atomic mass is 10.3. The molecular weight excluding hydrogens is 378 g/mol. The zero-order valence-corrected chi connectivity index (χ0v) is 14.9. The van der Waals surface area contributed by atoms with E-state index >= 15 is 0 Å². The molecule has 1 aliphatic heterocycles. The molecule has 0 radical (unpaired) electrons. The van der Waals surface area contributed by atoms with Gasteiger partial charge in [0.2, 0.25) is 10.9 Å². The zero-order chi connectivity index (χ0) is 17.9. The van der Waals surface area contributed by atoms with Crippen molar-refractivity contribution in [3.8, 4) is 0 Å². The van der Waals surface area contributed by atoms with Gasteiger partial charge in [-0.25, -0.2) is 4.98 Å². The van der Waals surface area contributed by atoms with Crippen LogP contribution in [-0.4, -0.2) is 30.3 Å². The van der Waals surface area contributed by atoms with Crippen molar-refractivity contribution < 1.29 is 18.7 Å². The molecule has 0 atom stereocenters. The molecule has 0 saturated heterocycles. The van der Waals surface area contributed by atoms with Crippen molar-refractivity contribution in [2.75, 3.05) is 18.2 Å². The SMILES string of the molecule is O=C(C1=COCCO1)N(/N=C\c1ccco1)c1nc2ccc(Cl)cc2s1. The largest absolute Gasteiger partial charge is 0.494 e. The molecule has 0 spiro atoms. The number of benzene rings is 1. The fourth-order valence-corrected chi connectivity index (χ4v) is 3.43. The maximum absolute atomic E-state index is 12.9. The Morgan fingerprint density at radius 1 is 1.35 bits per heavy atom. The Labute approximate surface area is 157 Å². The van der Waals surface area contributed by atoms with Crippen molar-refractivity contribution in [2.24, 2.45) is 5.10 Å². The number of thiazole rings is 1. The average Bonchev–Trinajstić information content (AvgIpc) is 3.31. The first-order valence-electron chi connectivity index (χ1n) is 7.63. The van der Waals surface area contributed by atoms with Crippen molar-refractivity contribution >= 4 is 50.4 Å². The number of furan rings is 1. The van der Waals surface area contributed by atoms with Crippen LogP contribution >= 0.6 is 22.9 Å². The maximum atomic E-state index is 12.9. The number of rotatable bonds is 4. The van der Waals surface area contributed by atoms with Gasteiger partial charge in [-0.15, -0.1) is 0 Å². The highest BCUT2D eigenvalue weighted by Crippen LogP contribution is 2.32. The highest BCUT2D eigenvalue weighted by molar-refractivity contribution is 7.22. The summed E-state index contributed by atoms with van der Waals surface area (Å²) in [5, 5.41) is 6.36. The van der Waals surface area contributed by atoms with E-state index in [9.17, 15) is 4.79 Å². The second kappa shape index (κ2) is 7.19. The van der Waals surface area contributed by atoms with Gasteiger partial charge in [0.15, 0.2) is 0 Å². The summed E-state index contributed by atoms with van der Waals surface area (Å²) in [4.78, 5) is 17.3. The molecule has 0 unspecified atom stereocenters. The van der Waals surface area contributed by atoms with Gasteiger partial charge in [-0.1, -0.05) is 22.9 Å². The lowest BCUT2D eigenvalue weighted by Gasteiger charge is -2.18. The number of fused-ring (bicyclic) bond motifs is 1. The van der Waals surface area contributed by atoms with E-state index in [1.807, 2.05) is 0 Å². The zero-order valence-electron chi connectivity index (χ0n) is 13.3. The number of hydrazone groups is 1. The van der Waals surface area contributed by atoms with Crippen LogP contribution in [0.2, 0.25) is 5.02 Å². The molecule has 132 valence electrons. The second-order valence-electron chi connectivity index (χ2n) is 5.19. The Morgan fingerprint density at radius 2 is 2.27 bits per heavy atom. The molecule has 0 fully saturated rings. The average molecular weight is 390 g/mol. The summed E-state index contributed by atoms with van der Waals surface area (Å²) in [6, 6.07) is 8.77. The van der Waals surface area contributed by atoms with Gasteiger partial charge < -0.3 is 13.9 Å². The number of hydrogen-bond donors (Lipinski definition) is 0. The van der Waals surface area contributed by atoms with Crippen molar-refractivity contribution in [2.45, 2.75) is 0 Å². The number of amides is 1. The first-order chi connectivity index (χ1) is 12.7. The molecule has 7 nitrogen and oxygen atoms in total. The number of nitrogens with zero attached hydrogens (tertiary/aromatic N) is 3. The first-order valence-corrected chi connectivity index (χ1v) is 8.83. The molecular formula is C17H12ClN3O4S. The van der Waals surface area contributed by atoms with E-state index in [1.165, 1.54) is 30.1 Å². The van der Waals surface area contributed by atoms with Crippen LogP contribution in [0.1, 0.15) is 5.76 Å². The number of ether oxygens (including phenoxy) is 2. The molecule has 1 aromatic carbocycles. The molecule has 0 N–H and O–H groups in total. The molecule has 1 amide bonds. The maximum Gasteiger partial charge on any atom is 0.319 e. The molecule has 9 heteroatoms. The third kappa shape index (κ3) is 3.42. The summed E-state index contributed by atoms with van der Waals surface area (Å²) in [5.41, 5.74) is 0.718. The smallest absolute Gasteiger partial charge is 0.319 e. The van der Waals surface area contributed by atoms with Crippen molar-refractivity contribution in [1.82, 2.24) is 4.98 Å². The summed E-state index contributed by atoms with van der Waals surface area (Å²) in [6.07, 6.45) is 4.24. The van der Waals surface area contributed by atoms with Crippen LogP contribution in [0.4, 0.5) is 5.13 Å². The minimum atomic E-state index is -0.488. The molecule has 26 heavy (non-hydrogen) atoms. The molecule has 3 heterocycles. The molecule has 4 rings (SSSR count). The van der Waals surface area contributed by atoms with E-state index in [-0.39, 0.29) is 5.76 Å². The molecule has 0 saturated carbocycles. The van der Waals surface area contributed by atoms with Crippen molar-refractivity contribution in [1.29, 1.82) is 0 Å². The topological polar surface area (TPSA) is 77.2 Å². The van der Waals surface area contributed by atoms with Gasteiger partial charge in [0, 0.05) is 5.02 Å². The van der Waals surface area contributed by atoms with E-state index < -0.39 is 5.91 Å². The molecule has 1 aliphatic rings. The predicted molar refractivity (Wildman–Crippen MR) is 98.4 cm³/mol. The van der Waals surface area contributed by atoms with Gasteiger partial charge in [0.1, 0.15) is 25.2 Å². The summed E-state index contributed by atoms with van der Waals surface area (Å²) in [6.45, 7) is 0.689. The predicted octanol–water partition coefficient (Wildman–Crippen LogP) is 3.80. The Morgan fingerprint density at radius 3 is 3.04 bits per heavy atom. The fourth-order valence-electron chi connectivity index (χ4n) is 2.23. The fraction of sp³-hybridized carbons (Fsp3) is 0.118. The third-order valence-corrected chi connectivity index (χ3v) is 4.65. The van der Waals surface area contributed by atoms with E-state index in [0.717, 1.165) is 15.2 Å².